The largest absolute Gasteiger partial charge is 0.449 e. The molecule has 2 aliphatic rings. The highest BCUT2D eigenvalue weighted by atomic mass is 16.6. The van der Waals surface area contributed by atoms with E-state index < -0.39 is 0 Å². The van der Waals surface area contributed by atoms with Crippen molar-refractivity contribution >= 4 is 6.09 Å². The van der Waals surface area contributed by atoms with Gasteiger partial charge in [-0.3, -0.25) is 0 Å². The standard InChI is InChI=1S/C8H14N2O2/c11-8-10(4-1-5-12-8)7-2-3-9-6-7/h7,9H,1-6H2/t7-/m0/s1. The molecule has 2 saturated heterocycles. The summed E-state index contributed by atoms with van der Waals surface area (Å²) in [5.74, 6) is 0. The lowest BCUT2D eigenvalue weighted by Crippen LogP contribution is -2.45. The number of nitrogens with zero attached hydrogens (tertiary/aromatic N) is 1. The fourth-order valence-corrected chi connectivity index (χ4v) is 1.81. The molecule has 0 radical (unpaired) electrons. The van der Waals surface area contributed by atoms with Gasteiger partial charge in [0.15, 0.2) is 0 Å². The molecule has 0 unspecified atom stereocenters. The Balaban J connectivity index is 1.95. The van der Waals surface area contributed by atoms with Crippen molar-refractivity contribution in [2.45, 2.75) is 18.9 Å². The van der Waals surface area contributed by atoms with E-state index in [1.54, 1.807) is 0 Å². The molecule has 2 heterocycles. The second-order valence-electron chi connectivity index (χ2n) is 3.31. The quantitative estimate of drug-likeness (QED) is 0.611. The molecule has 1 amide bonds. The van der Waals surface area contributed by atoms with Gasteiger partial charge >= 0.3 is 6.09 Å². The van der Waals surface area contributed by atoms with Crippen LogP contribution in [0.5, 0.6) is 0 Å². The molecule has 4 heteroatoms. The molecule has 0 aromatic heterocycles. The number of carbonyl (C=O) groups excluding carboxylic acids is 1. The van der Waals surface area contributed by atoms with Crippen molar-refractivity contribution in [3.63, 3.8) is 0 Å². The zero-order chi connectivity index (χ0) is 8.39. The maximum absolute atomic E-state index is 11.3. The van der Waals surface area contributed by atoms with Crippen LogP contribution in [0.25, 0.3) is 0 Å². The fourth-order valence-electron chi connectivity index (χ4n) is 1.81. The SMILES string of the molecule is O=C1OCCCN1[C@H]1CCNC1. The number of nitrogens with one attached hydrogen (secondary N) is 1. The molecular formula is C8H14N2O2. The van der Waals surface area contributed by atoms with E-state index in [1.807, 2.05) is 4.90 Å². The van der Waals surface area contributed by atoms with Crippen LogP contribution in [0.15, 0.2) is 0 Å². The van der Waals surface area contributed by atoms with Crippen molar-refractivity contribution in [2.75, 3.05) is 26.2 Å². The van der Waals surface area contributed by atoms with E-state index in [1.165, 1.54) is 0 Å². The predicted molar refractivity (Wildman–Crippen MR) is 43.9 cm³/mol. The molecule has 0 aliphatic carbocycles. The third-order valence-corrected chi connectivity index (χ3v) is 2.48. The van der Waals surface area contributed by atoms with Crippen molar-refractivity contribution in [2.24, 2.45) is 0 Å². The molecule has 0 saturated carbocycles. The van der Waals surface area contributed by atoms with E-state index in [0.717, 1.165) is 32.5 Å². The monoisotopic (exact) mass is 170 g/mol. The smallest absolute Gasteiger partial charge is 0.410 e. The van der Waals surface area contributed by atoms with Gasteiger partial charge < -0.3 is 15.0 Å². The summed E-state index contributed by atoms with van der Waals surface area (Å²) in [4.78, 5) is 13.1. The van der Waals surface area contributed by atoms with Crippen LogP contribution in [0.2, 0.25) is 0 Å². The van der Waals surface area contributed by atoms with Crippen molar-refractivity contribution in [3.8, 4) is 0 Å². The van der Waals surface area contributed by atoms with Crippen LogP contribution < -0.4 is 5.32 Å². The Morgan fingerprint density at radius 3 is 3.17 bits per heavy atom. The molecule has 0 bridgehead atoms. The highest BCUT2D eigenvalue weighted by Gasteiger charge is 2.29. The first-order valence-electron chi connectivity index (χ1n) is 4.52. The average Bonchev–Trinajstić information content (AvgIpc) is 2.57. The van der Waals surface area contributed by atoms with Crippen molar-refractivity contribution in [3.05, 3.63) is 0 Å². The lowest BCUT2D eigenvalue weighted by atomic mass is 10.2. The van der Waals surface area contributed by atoms with E-state index in [-0.39, 0.29) is 6.09 Å². The van der Waals surface area contributed by atoms with Crippen LogP contribution in [-0.2, 0) is 4.74 Å². The minimum atomic E-state index is -0.130. The molecule has 4 nitrogen and oxygen atoms in total. The molecule has 0 aromatic rings. The topological polar surface area (TPSA) is 41.6 Å². The number of cyclic esters (lactones) is 1. The maximum atomic E-state index is 11.3. The van der Waals surface area contributed by atoms with Crippen LogP contribution in [0.4, 0.5) is 4.79 Å². The molecule has 1 atom stereocenters. The van der Waals surface area contributed by atoms with Gasteiger partial charge in [0, 0.05) is 19.1 Å². The number of hydrogen-bond acceptors (Lipinski definition) is 3. The first-order valence-corrected chi connectivity index (χ1v) is 4.52. The highest BCUT2D eigenvalue weighted by Crippen LogP contribution is 2.13. The zero-order valence-electron chi connectivity index (χ0n) is 7.08. The lowest BCUT2D eigenvalue weighted by molar-refractivity contribution is 0.0584. The Hall–Kier alpha value is -0.770. The fraction of sp³-hybridized carbons (Fsp3) is 0.875. The summed E-state index contributed by atoms with van der Waals surface area (Å²) in [6.07, 6.45) is 1.91. The zero-order valence-corrected chi connectivity index (χ0v) is 7.08. The minimum absolute atomic E-state index is 0.130. The normalized spacial score (nSPS) is 30.5. The van der Waals surface area contributed by atoms with Crippen LogP contribution in [0.3, 0.4) is 0 Å². The van der Waals surface area contributed by atoms with E-state index in [0.29, 0.717) is 12.6 Å². The van der Waals surface area contributed by atoms with E-state index in [2.05, 4.69) is 5.32 Å². The number of ether oxygens (including phenoxy) is 1. The van der Waals surface area contributed by atoms with Gasteiger partial charge in [-0.25, -0.2) is 4.79 Å². The van der Waals surface area contributed by atoms with Gasteiger partial charge in [0.2, 0.25) is 0 Å². The number of rotatable bonds is 1. The number of carbonyl (C=O) groups is 1. The third-order valence-electron chi connectivity index (χ3n) is 2.48. The summed E-state index contributed by atoms with van der Waals surface area (Å²) in [5, 5.41) is 3.24. The maximum Gasteiger partial charge on any atom is 0.410 e. The lowest BCUT2D eigenvalue weighted by Gasteiger charge is -2.30. The minimum Gasteiger partial charge on any atom is -0.449 e. The molecule has 2 rings (SSSR count). The Kier molecular flexibility index (Phi) is 2.17. The molecule has 12 heavy (non-hydrogen) atoms. The molecule has 2 aliphatic heterocycles. The van der Waals surface area contributed by atoms with Crippen molar-refractivity contribution < 1.29 is 9.53 Å². The molecule has 68 valence electrons. The molecular weight excluding hydrogens is 156 g/mol. The Labute approximate surface area is 71.9 Å². The summed E-state index contributed by atoms with van der Waals surface area (Å²) in [7, 11) is 0. The van der Waals surface area contributed by atoms with E-state index >= 15 is 0 Å². The Morgan fingerprint density at radius 2 is 2.50 bits per heavy atom. The second kappa shape index (κ2) is 3.31. The first-order chi connectivity index (χ1) is 5.88. The summed E-state index contributed by atoms with van der Waals surface area (Å²) in [6, 6.07) is 0.373. The molecule has 0 aromatic carbocycles. The Morgan fingerprint density at radius 1 is 1.58 bits per heavy atom. The van der Waals surface area contributed by atoms with Gasteiger partial charge in [0.05, 0.1) is 6.61 Å². The van der Waals surface area contributed by atoms with Gasteiger partial charge in [-0.15, -0.1) is 0 Å². The summed E-state index contributed by atoms with van der Waals surface area (Å²) < 4.78 is 4.96. The third kappa shape index (κ3) is 1.39. The van der Waals surface area contributed by atoms with E-state index in [9.17, 15) is 4.79 Å². The van der Waals surface area contributed by atoms with Gasteiger partial charge in [0.25, 0.3) is 0 Å². The highest BCUT2D eigenvalue weighted by molar-refractivity contribution is 5.68. The van der Waals surface area contributed by atoms with Gasteiger partial charge in [-0.1, -0.05) is 0 Å². The summed E-state index contributed by atoms with van der Waals surface area (Å²) in [6.45, 7) is 3.41. The van der Waals surface area contributed by atoms with E-state index in [4.69, 9.17) is 4.74 Å². The van der Waals surface area contributed by atoms with Crippen LogP contribution >= 0.6 is 0 Å². The van der Waals surface area contributed by atoms with Crippen LogP contribution in [0.1, 0.15) is 12.8 Å². The van der Waals surface area contributed by atoms with Crippen molar-refractivity contribution in [1.82, 2.24) is 10.2 Å². The average molecular weight is 170 g/mol. The summed E-state index contributed by atoms with van der Waals surface area (Å²) in [5.41, 5.74) is 0. The number of hydrogen-bond donors (Lipinski definition) is 1. The van der Waals surface area contributed by atoms with Crippen molar-refractivity contribution in [1.29, 1.82) is 0 Å². The number of amides is 1. The Bertz CT molecular complexity index is 178. The second-order valence-corrected chi connectivity index (χ2v) is 3.31. The van der Waals surface area contributed by atoms with Gasteiger partial charge in [0.1, 0.15) is 0 Å². The van der Waals surface area contributed by atoms with Gasteiger partial charge in [-0.2, -0.15) is 0 Å². The van der Waals surface area contributed by atoms with Gasteiger partial charge in [-0.05, 0) is 19.4 Å². The molecule has 1 N–H and O–H groups in total. The summed E-state index contributed by atoms with van der Waals surface area (Å²) >= 11 is 0. The first kappa shape index (κ1) is 7.86. The predicted octanol–water partition coefficient (Wildman–Crippen LogP) is 0.191. The van der Waals surface area contributed by atoms with Crippen LogP contribution in [-0.4, -0.2) is 43.3 Å². The molecule has 2 fully saturated rings. The van der Waals surface area contributed by atoms with Crippen LogP contribution in [0, 0.1) is 0 Å². The molecule has 0 spiro atoms.